The molecule has 0 radical (unpaired) electrons. The molecule has 2 saturated carbocycles. The normalized spacial score (nSPS) is 17.7. The Labute approximate surface area is 257 Å². The van der Waals surface area contributed by atoms with Crippen molar-refractivity contribution in [1.29, 1.82) is 0 Å². The summed E-state index contributed by atoms with van der Waals surface area (Å²) in [5.74, 6) is -0.130. The van der Waals surface area contributed by atoms with Gasteiger partial charge in [0, 0.05) is 0 Å². The standard InChI is InChI=1S/C19H28O2.C18H26O2.CH4/c1-5-18(3,4)17(20)21-19(13-7-6-8-14-19)16-11-9-15(2)10-12-16;1-5-17(3,4)16(19)20-18(12-6-7-13-18)15-10-8-14(2)9-11-15;/h9-12H,5-8,13-14H2,1-4H3;8-11H,5-7,12-13H2,1-4H3;1H4. The molecule has 0 saturated heterocycles. The van der Waals surface area contributed by atoms with Crippen LogP contribution >= 0.6 is 0 Å². The minimum Gasteiger partial charge on any atom is -0.454 e. The van der Waals surface area contributed by atoms with Crippen LogP contribution < -0.4 is 0 Å². The van der Waals surface area contributed by atoms with Gasteiger partial charge in [-0.15, -0.1) is 0 Å². The first-order valence-corrected chi connectivity index (χ1v) is 15.9. The van der Waals surface area contributed by atoms with E-state index in [4.69, 9.17) is 9.47 Å². The van der Waals surface area contributed by atoms with Crippen molar-refractivity contribution in [3.05, 3.63) is 70.8 Å². The SMILES string of the molecule is C.CCC(C)(C)C(=O)OC1(c2ccc(C)cc2)CCCC1.CCC(C)(C)C(=O)OC1(c2ccc(C)cc2)CCCCC1. The molecule has 0 heterocycles. The zero-order valence-electron chi connectivity index (χ0n) is 27.0. The van der Waals surface area contributed by atoms with Gasteiger partial charge < -0.3 is 9.47 Å². The monoisotopic (exact) mass is 578 g/mol. The number of hydrogen-bond acceptors (Lipinski definition) is 4. The van der Waals surface area contributed by atoms with Crippen molar-refractivity contribution in [2.45, 2.75) is 145 Å². The Balaban J connectivity index is 0.000000287. The number of esters is 2. The van der Waals surface area contributed by atoms with Crippen molar-refractivity contribution >= 4 is 11.9 Å². The summed E-state index contributed by atoms with van der Waals surface area (Å²) in [6.45, 7) is 16.1. The second-order valence-corrected chi connectivity index (χ2v) is 13.7. The van der Waals surface area contributed by atoms with Crippen molar-refractivity contribution in [1.82, 2.24) is 0 Å². The van der Waals surface area contributed by atoms with E-state index in [0.717, 1.165) is 75.3 Å². The van der Waals surface area contributed by atoms with E-state index in [0.29, 0.717) is 0 Å². The highest BCUT2D eigenvalue weighted by molar-refractivity contribution is 5.77. The van der Waals surface area contributed by atoms with Crippen LogP contribution in [0.3, 0.4) is 0 Å². The third-order valence-corrected chi connectivity index (χ3v) is 9.68. The predicted octanol–water partition coefficient (Wildman–Crippen LogP) is 10.5. The zero-order valence-corrected chi connectivity index (χ0v) is 27.0. The molecule has 2 fully saturated rings. The van der Waals surface area contributed by atoms with Gasteiger partial charge in [0.05, 0.1) is 10.8 Å². The number of carbonyl (C=O) groups is 2. The molecule has 2 aromatic carbocycles. The summed E-state index contributed by atoms with van der Waals surface area (Å²) >= 11 is 0. The van der Waals surface area contributed by atoms with Gasteiger partial charge in [-0.3, -0.25) is 9.59 Å². The summed E-state index contributed by atoms with van der Waals surface area (Å²) in [6.07, 6.45) is 11.2. The molecule has 0 unspecified atom stereocenters. The first-order valence-electron chi connectivity index (χ1n) is 15.9. The van der Waals surface area contributed by atoms with E-state index in [1.54, 1.807) is 0 Å². The smallest absolute Gasteiger partial charge is 0.312 e. The lowest BCUT2D eigenvalue weighted by molar-refractivity contribution is -0.176. The second-order valence-electron chi connectivity index (χ2n) is 13.7. The van der Waals surface area contributed by atoms with E-state index in [1.165, 1.54) is 17.5 Å². The molecule has 0 spiro atoms. The minimum atomic E-state index is -0.408. The maximum absolute atomic E-state index is 12.6. The molecule has 2 aliphatic rings. The third kappa shape index (κ3) is 8.48. The summed E-state index contributed by atoms with van der Waals surface area (Å²) in [4.78, 5) is 25.1. The molecule has 0 aliphatic heterocycles. The van der Waals surface area contributed by atoms with E-state index < -0.39 is 22.0 Å². The first kappa shape index (κ1) is 35.6. The number of hydrogen-bond donors (Lipinski definition) is 0. The zero-order chi connectivity index (χ0) is 30.3. The van der Waals surface area contributed by atoms with Gasteiger partial charge in [-0.25, -0.2) is 0 Å². The molecular weight excluding hydrogens is 520 g/mol. The average Bonchev–Trinajstić information content (AvgIpc) is 3.44. The summed E-state index contributed by atoms with van der Waals surface area (Å²) < 4.78 is 12.2. The van der Waals surface area contributed by atoms with Crippen LogP contribution in [0.25, 0.3) is 0 Å². The highest BCUT2D eigenvalue weighted by atomic mass is 16.6. The van der Waals surface area contributed by atoms with Gasteiger partial charge in [0.25, 0.3) is 0 Å². The fraction of sp³-hybridized carbons (Fsp3) is 0.632. The Kier molecular flexibility index (Phi) is 12.5. The minimum absolute atomic E-state index is 0. The maximum Gasteiger partial charge on any atom is 0.312 e. The number of benzene rings is 2. The number of carbonyl (C=O) groups excluding carboxylic acids is 2. The van der Waals surface area contributed by atoms with E-state index in [-0.39, 0.29) is 19.4 Å². The largest absolute Gasteiger partial charge is 0.454 e. The highest BCUT2D eigenvalue weighted by Crippen LogP contribution is 2.44. The third-order valence-electron chi connectivity index (χ3n) is 9.68. The Hall–Kier alpha value is -2.62. The van der Waals surface area contributed by atoms with Gasteiger partial charge in [0.15, 0.2) is 0 Å². The van der Waals surface area contributed by atoms with E-state index >= 15 is 0 Å². The summed E-state index contributed by atoms with van der Waals surface area (Å²) in [5.41, 5.74) is 3.18. The summed E-state index contributed by atoms with van der Waals surface area (Å²) in [7, 11) is 0. The van der Waals surface area contributed by atoms with Crippen molar-refractivity contribution in [3.8, 4) is 0 Å². The van der Waals surface area contributed by atoms with Crippen LogP contribution in [0.4, 0.5) is 0 Å². The molecule has 0 N–H and O–H groups in total. The molecular formula is C38H58O4. The van der Waals surface area contributed by atoms with Crippen LogP contribution in [0.2, 0.25) is 0 Å². The van der Waals surface area contributed by atoms with Gasteiger partial charge in [-0.2, -0.15) is 0 Å². The first-order chi connectivity index (χ1) is 19.3. The fourth-order valence-electron chi connectivity index (χ4n) is 5.60. The van der Waals surface area contributed by atoms with Crippen LogP contribution in [0, 0.1) is 24.7 Å². The Morgan fingerprint density at radius 1 is 0.595 bits per heavy atom. The predicted molar refractivity (Wildman–Crippen MR) is 174 cm³/mol. The van der Waals surface area contributed by atoms with Crippen LogP contribution in [-0.4, -0.2) is 11.9 Å². The lowest BCUT2D eigenvalue weighted by Gasteiger charge is -2.39. The summed E-state index contributed by atoms with van der Waals surface area (Å²) in [6, 6.07) is 16.9. The van der Waals surface area contributed by atoms with Crippen LogP contribution in [-0.2, 0) is 30.3 Å². The van der Waals surface area contributed by atoms with Gasteiger partial charge in [-0.1, -0.05) is 87.4 Å². The molecule has 42 heavy (non-hydrogen) atoms. The molecule has 2 aromatic rings. The van der Waals surface area contributed by atoms with Crippen LogP contribution in [0.15, 0.2) is 48.5 Å². The number of rotatable bonds is 8. The average molecular weight is 579 g/mol. The fourth-order valence-corrected chi connectivity index (χ4v) is 5.60. The Morgan fingerprint density at radius 3 is 1.17 bits per heavy atom. The van der Waals surface area contributed by atoms with Gasteiger partial charge in [-0.05, 0) is 117 Å². The number of ether oxygens (including phenoxy) is 2. The molecule has 2 aliphatic carbocycles. The molecule has 4 heteroatoms. The molecule has 0 amide bonds. The van der Waals surface area contributed by atoms with Gasteiger partial charge >= 0.3 is 11.9 Å². The van der Waals surface area contributed by atoms with Crippen molar-refractivity contribution < 1.29 is 19.1 Å². The van der Waals surface area contributed by atoms with Crippen molar-refractivity contribution in [2.24, 2.45) is 10.8 Å². The van der Waals surface area contributed by atoms with Crippen LogP contribution in [0.5, 0.6) is 0 Å². The lowest BCUT2D eigenvalue weighted by Crippen LogP contribution is -2.39. The molecule has 0 bridgehead atoms. The van der Waals surface area contributed by atoms with Gasteiger partial charge in [0.2, 0.25) is 0 Å². The quantitative estimate of drug-likeness (QED) is 0.292. The molecule has 4 rings (SSSR count). The Morgan fingerprint density at radius 2 is 0.881 bits per heavy atom. The topological polar surface area (TPSA) is 52.6 Å². The maximum atomic E-state index is 12.6. The lowest BCUT2D eigenvalue weighted by atomic mass is 9.78. The molecule has 234 valence electrons. The van der Waals surface area contributed by atoms with E-state index in [9.17, 15) is 9.59 Å². The van der Waals surface area contributed by atoms with Crippen LogP contribution in [0.1, 0.15) is 142 Å². The molecule has 0 aromatic heterocycles. The second kappa shape index (κ2) is 14.7. The highest BCUT2D eigenvalue weighted by Gasteiger charge is 2.43. The molecule has 4 nitrogen and oxygen atoms in total. The number of aryl methyl sites for hydroxylation is 2. The van der Waals surface area contributed by atoms with Gasteiger partial charge in [0.1, 0.15) is 11.2 Å². The van der Waals surface area contributed by atoms with Crippen molar-refractivity contribution in [2.75, 3.05) is 0 Å². The van der Waals surface area contributed by atoms with E-state index in [2.05, 4.69) is 62.4 Å². The van der Waals surface area contributed by atoms with Crippen molar-refractivity contribution in [3.63, 3.8) is 0 Å². The summed E-state index contributed by atoms with van der Waals surface area (Å²) in [5, 5.41) is 0. The molecule has 0 atom stereocenters. The Bertz CT molecular complexity index is 1130. The van der Waals surface area contributed by atoms with E-state index in [1.807, 2.05) is 41.5 Å².